The Bertz CT molecular complexity index is 2690. The molecule has 3 heterocycles. The largest absolute Gasteiger partial charge is 0.455 e. The summed E-state index contributed by atoms with van der Waals surface area (Å²) < 4.78 is 15.7. The molecule has 2 atom stereocenters. The van der Waals surface area contributed by atoms with E-state index in [0.717, 1.165) is 76.5 Å². The monoisotopic (exact) mass is 822 g/mol. The van der Waals surface area contributed by atoms with Gasteiger partial charge in [-0.15, -0.1) is 0 Å². The number of benzene rings is 3. The van der Waals surface area contributed by atoms with E-state index < -0.39 is 11.6 Å². The third-order valence-corrected chi connectivity index (χ3v) is 13.6. The number of amides is 1. The van der Waals surface area contributed by atoms with Crippen LogP contribution in [-0.4, -0.2) is 56.0 Å². The topological polar surface area (TPSA) is 157 Å². The Morgan fingerprint density at radius 1 is 0.933 bits per heavy atom. The van der Waals surface area contributed by atoms with E-state index in [1.54, 1.807) is 6.07 Å². The Labute approximate surface area is 353 Å². The highest BCUT2D eigenvalue weighted by Gasteiger charge is 2.66. The molecule has 3 aromatic heterocycles. The standard InChI is InChI=1S/C47H50N8O4S/c1-29-35(21-50-55(29)28-46-23-44(5)22-45(6,24-46)26-47(25-44,27-46)58-19-18-49-54-48)32-16-17-36(51-39(32)41(57)59-43(2,3)4)31-15-14-30-10-9-11-33(34(30)20-31)40(56)53-42-52-37-12-7-8-13-38(37)60-42/h7-17,20-21H,18-19,22-28H2,1-6H3,(H,52,53,56). The highest BCUT2D eigenvalue weighted by atomic mass is 32.1. The molecule has 1 amide bonds. The first kappa shape index (κ1) is 39.8. The summed E-state index contributed by atoms with van der Waals surface area (Å²) in [5.74, 6) is -0.781. The van der Waals surface area contributed by atoms with Crippen molar-refractivity contribution in [2.24, 2.45) is 21.4 Å². The Morgan fingerprint density at radius 2 is 1.72 bits per heavy atom. The molecule has 4 bridgehead atoms. The number of nitrogens with zero attached hydrogens (tertiary/aromatic N) is 7. The molecule has 0 radical (unpaired) electrons. The minimum atomic E-state index is -0.747. The number of esters is 1. The van der Waals surface area contributed by atoms with Crippen molar-refractivity contribution in [3.05, 3.63) is 106 Å². The second-order valence-corrected chi connectivity index (χ2v) is 20.3. The molecule has 3 aromatic carbocycles. The van der Waals surface area contributed by atoms with Crippen LogP contribution in [0.4, 0.5) is 5.13 Å². The molecular weight excluding hydrogens is 773 g/mol. The molecule has 4 fully saturated rings. The molecule has 12 nitrogen and oxygen atoms in total. The van der Waals surface area contributed by atoms with E-state index in [2.05, 4.69) is 45.8 Å². The fourth-order valence-electron chi connectivity index (χ4n) is 11.7. The second-order valence-electron chi connectivity index (χ2n) is 19.2. The predicted octanol–water partition coefficient (Wildman–Crippen LogP) is 11.3. The van der Waals surface area contributed by atoms with Gasteiger partial charge in [0, 0.05) is 45.9 Å². The number of carbonyl (C=O) groups is 2. The van der Waals surface area contributed by atoms with E-state index in [-0.39, 0.29) is 33.4 Å². The van der Waals surface area contributed by atoms with Crippen LogP contribution in [0.25, 0.3) is 53.8 Å². The van der Waals surface area contributed by atoms with Crippen molar-refractivity contribution < 1.29 is 19.1 Å². The number of hydrogen-bond donors (Lipinski definition) is 1. The van der Waals surface area contributed by atoms with E-state index >= 15 is 0 Å². The quantitative estimate of drug-likeness (QED) is 0.0448. The van der Waals surface area contributed by atoms with Gasteiger partial charge in [-0.2, -0.15) is 5.10 Å². The lowest BCUT2D eigenvalue weighted by atomic mass is 9.39. The van der Waals surface area contributed by atoms with Gasteiger partial charge in [-0.3, -0.25) is 14.8 Å². The highest BCUT2D eigenvalue weighted by molar-refractivity contribution is 7.22. The summed E-state index contributed by atoms with van der Waals surface area (Å²) in [6, 6.07) is 23.2. The zero-order chi connectivity index (χ0) is 42.1. The molecule has 308 valence electrons. The number of pyridine rings is 1. The zero-order valence-electron chi connectivity index (χ0n) is 35.0. The summed E-state index contributed by atoms with van der Waals surface area (Å²) in [5.41, 5.74) is 13.5. The van der Waals surface area contributed by atoms with Crippen molar-refractivity contribution in [1.29, 1.82) is 0 Å². The Morgan fingerprint density at radius 3 is 2.47 bits per heavy atom. The fourth-order valence-corrected chi connectivity index (χ4v) is 12.6. The maximum atomic E-state index is 14.1. The molecule has 4 aliphatic carbocycles. The van der Waals surface area contributed by atoms with Gasteiger partial charge in [-0.25, -0.2) is 14.8 Å². The van der Waals surface area contributed by atoms with Gasteiger partial charge in [0.25, 0.3) is 5.91 Å². The third kappa shape index (κ3) is 7.54. The average Bonchev–Trinajstić information content (AvgIpc) is 3.75. The summed E-state index contributed by atoms with van der Waals surface area (Å²) in [4.78, 5) is 40.3. The summed E-state index contributed by atoms with van der Waals surface area (Å²) in [7, 11) is 0. The average molecular weight is 823 g/mol. The van der Waals surface area contributed by atoms with Crippen LogP contribution in [0.3, 0.4) is 0 Å². The number of rotatable bonds is 11. The van der Waals surface area contributed by atoms with Crippen LogP contribution < -0.4 is 5.32 Å². The van der Waals surface area contributed by atoms with Crippen LogP contribution >= 0.6 is 11.3 Å². The minimum Gasteiger partial charge on any atom is -0.455 e. The lowest BCUT2D eigenvalue weighted by molar-refractivity contribution is -0.247. The van der Waals surface area contributed by atoms with Crippen molar-refractivity contribution >= 4 is 49.3 Å². The number of nitrogens with one attached hydrogen (secondary N) is 1. The van der Waals surface area contributed by atoms with E-state index in [4.69, 9.17) is 25.1 Å². The zero-order valence-corrected chi connectivity index (χ0v) is 35.9. The molecule has 13 heteroatoms. The van der Waals surface area contributed by atoms with Gasteiger partial charge in [0.05, 0.1) is 34.3 Å². The number of hydrogen-bond acceptors (Lipinski definition) is 9. The fraction of sp³-hybridized carbons (Fsp3) is 0.426. The summed E-state index contributed by atoms with van der Waals surface area (Å²) in [6.07, 6.45) is 8.20. The molecule has 4 saturated carbocycles. The summed E-state index contributed by atoms with van der Waals surface area (Å²) in [6.45, 7) is 13.9. The van der Waals surface area contributed by atoms with Crippen molar-refractivity contribution in [2.75, 3.05) is 18.5 Å². The van der Waals surface area contributed by atoms with E-state index in [0.29, 0.717) is 35.1 Å². The predicted molar refractivity (Wildman–Crippen MR) is 235 cm³/mol. The van der Waals surface area contributed by atoms with Crippen LogP contribution in [0.5, 0.6) is 0 Å². The van der Waals surface area contributed by atoms with Crippen LogP contribution in [-0.2, 0) is 16.0 Å². The first-order valence-corrected chi connectivity index (χ1v) is 21.5. The number of anilines is 1. The van der Waals surface area contributed by atoms with Gasteiger partial charge in [-0.05, 0) is 135 Å². The van der Waals surface area contributed by atoms with Gasteiger partial charge >= 0.3 is 5.97 Å². The number of ether oxygens (including phenoxy) is 2. The maximum absolute atomic E-state index is 14.1. The molecule has 0 spiro atoms. The minimum absolute atomic E-state index is 0.0128. The first-order valence-electron chi connectivity index (χ1n) is 20.7. The number of fused-ring (bicyclic) bond motifs is 2. The van der Waals surface area contributed by atoms with Crippen LogP contribution in [0.15, 0.2) is 84.1 Å². The van der Waals surface area contributed by atoms with Crippen LogP contribution in [0.1, 0.15) is 99.7 Å². The Balaban J connectivity index is 1.04. The van der Waals surface area contributed by atoms with E-state index in [9.17, 15) is 9.59 Å². The lowest BCUT2D eigenvalue weighted by Gasteiger charge is -2.69. The molecule has 0 saturated heterocycles. The van der Waals surface area contributed by atoms with Gasteiger partial charge in [-0.1, -0.05) is 66.7 Å². The molecule has 6 aromatic rings. The smallest absolute Gasteiger partial charge is 0.358 e. The Hall–Kier alpha value is -5.62. The SMILES string of the molecule is Cc1c(-c2ccc(-c3ccc4cccc(C(=O)Nc5nc6ccccc6s5)c4c3)nc2C(=O)OC(C)(C)C)cnn1CC12CC3(C)CC(C)(C1)CC(OCCN=[N+]=[N-])(C3)C2. The van der Waals surface area contributed by atoms with Gasteiger partial charge in [0.1, 0.15) is 5.60 Å². The second kappa shape index (κ2) is 14.5. The van der Waals surface area contributed by atoms with E-state index in [1.807, 2.05) is 93.7 Å². The number of para-hydroxylation sites is 1. The van der Waals surface area contributed by atoms with Gasteiger partial charge < -0.3 is 9.47 Å². The molecule has 2 unspecified atom stereocenters. The molecular formula is C47H50N8O4S. The van der Waals surface area contributed by atoms with Crippen molar-refractivity contribution in [3.8, 4) is 22.4 Å². The molecule has 4 aliphatic rings. The van der Waals surface area contributed by atoms with Crippen molar-refractivity contribution in [2.45, 2.75) is 97.8 Å². The number of carbonyl (C=O) groups excluding carboxylic acids is 2. The van der Waals surface area contributed by atoms with Crippen LogP contribution in [0, 0.1) is 23.2 Å². The number of azide groups is 1. The summed E-state index contributed by atoms with van der Waals surface area (Å²) >= 11 is 1.43. The summed E-state index contributed by atoms with van der Waals surface area (Å²) in [5, 5.41) is 13.9. The molecule has 10 rings (SSSR count). The van der Waals surface area contributed by atoms with Gasteiger partial charge in [0.2, 0.25) is 0 Å². The lowest BCUT2D eigenvalue weighted by Crippen LogP contribution is -2.64. The number of aromatic nitrogens is 4. The Kier molecular flexibility index (Phi) is 9.65. The van der Waals surface area contributed by atoms with Gasteiger partial charge in [0.15, 0.2) is 10.8 Å². The normalized spacial score (nSPS) is 24.4. The van der Waals surface area contributed by atoms with Crippen LogP contribution in [0.2, 0.25) is 0 Å². The van der Waals surface area contributed by atoms with Crippen molar-refractivity contribution in [1.82, 2.24) is 19.7 Å². The highest BCUT2D eigenvalue weighted by Crippen LogP contribution is 2.72. The number of thiazole rings is 1. The van der Waals surface area contributed by atoms with Crippen molar-refractivity contribution in [3.63, 3.8) is 0 Å². The maximum Gasteiger partial charge on any atom is 0.358 e. The van der Waals surface area contributed by atoms with E-state index in [1.165, 1.54) is 17.8 Å². The molecule has 60 heavy (non-hydrogen) atoms. The molecule has 0 aliphatic heterocycles. The first-order chi connectivity index (χ1) is 28.6. The molecule has 1 N–H and O–H groups in total. The third-order valence-electron chi connectivity index (χ3n) is 12.6.